The van der Waals surface area contributed by atoms with E-state index in [1.54, 1.807) is 24.3 Å². The Kier molecular flexibility index (Phi) is 5.36. The molecule has 0 spiro atoms. The van der Waals surface area contributed by atoms with Crippen molar-refractivity contribution in [3.05, 3.63) is 29.8 Å². The molecule has 1 atom stereocenters. The molecule has 1 rings (SSSR count). The van der Waals surface area contributed by atoms with Gasteiger partial charge in [0.15, 0.2) is 6.61 Å². The van der Waals surface area contributed by atoms with Gasteiger partial charge in [0.1, 0.15) is 11.4 Å². The van der Waals surface area contributed by atoms with Crippen molar-refractivity contribution in [3.63, 3.8) is 0 Å². The first kappa shape index (κ1) is 15.5. The van der Waals surface area contributed by atoms with Crippen molar-refractivity contribution in [3.8, 4) is 5.75 Å². The maximum atomic E-state index is 11.5. The van der Waals surface area contributed by atoms with Crippen LogP contribution in [0.1, 0.15) is 45.8 Å². The van der Waals surface area contributed by atoms with E-state index >= 15 is 0 Å². The number of aliphatic hydroxyl groups excluding tert-OH is 1. The summed E-state index contributed by atoms with van der Waals surface area (Å²) in [6.07, 6.45) is 0.206. The van der Waals surface area contributed by atoms with Crippen LogP contribution in [0, 0.1) is 0 Å². The van der Waals surface area contributed by atoms with E-state index in [-0.39, 0.29) is 6.61 Å². The predicted molar refractivity (Wildman–Crippen MR) is 73.0 cm³/mol. The molecule has 4 heteroatoms. The van der Waals surface area contributed by atoms with Crippen molar-refractivity contribution < 1.29 is 19.4 Å². The molecule has 1 aromatic carbocycles. The van der Waals surface area contributed by atoms with Crippen LogP contribution in [0.15, 0.2) is 24.3 Å². The first-order valence-corrected chi connectivity index (χ1v) is 6.44. The zero-order valence-corrected chi connectivity index (χ0v) is 12.0. The lowest BCUT2D eigenvalue weighted by atomic mass is 10.1. The van der Waals surface area contributed by atoms with Gasteiger partial charge in [0, 0.05) is 0 Å². The molecule has 1 N–H and O–H groups in total. The molecule has 0 aliphatic carbocycles. The summed E-state index contributed by atoms with van der Waals surface area (Å²) in [7, 11) is 0. The lowest BCUT2D eigenvalue weighted by Crippen LogP contribution is -2.27. The molecule has 0 aliphatic heterocycles. The summed E-state index contributed by atoms with van der Waals surface area (Å²) in [5.74, 6) is 0.183. The number of aliphatic hydroxyl groups is 1. The third kappa shape index (κ3) is 5.75. The molecule has 0 amide bonds. The van der Waals surface area contributed by atoms with Gasteiger partial charge in [0.2, 0.25) is 0 Å². The smallest absolute Gasteiger partial charge is 0.344 e. The molecule has 0 aromatic heterocycles. The predicted octanol–water partition coefficient (Wildman–Crippen LogP) is 2.85. The van der Waals surface area contributed by atoms with Crippen LogP contribution in [0.4, 0.5) is 0 Å². The van der Waals surface area contributed by atoms with Gasteiger partial charge in [0.25, 0.3) is 0 Å². The van der Waals surface area contributed by atoms with Crippen molar-refractivity contribution in [2.45, 2.75) is 45.8 Å². The molecule has 0 bridgehead atoms. The Labute approximate surface area is 114 Å². The molecule has 0 fully saturated rings. The highest BCUT2D eigenvalue weighted by Crippen LogP contribution is 2.19. The van der Waals surface area contributed by atoms with Crippen LogP contribution >= 0.6 is 0 Å². The summed E-state index contributed by atoms with van der Waals surface area (Å²) in [4.78, 5) is 11.5. The highest BCUT2D eigenvalue weighted by Gasteiger charge is 2.16. The van der Waals surface area contributed by atoms with Gasteiger partial charge in [-0.2, -0.15) is 0 Å². The summed E-state index contributed by atoms with van der Waals surface area (Å²) in [5, 5.41) is 9.65. The van der Waals surface area contributed by atoms with E-state index in [4.69, 9.17) is 9.47 Å². The fraction of sp³-hybridized carbons (Fsp3) is 0.533. The molecule has 4 nitrogen and oxygen atoms in total. The number of hydrogen-bond acceptors (Lipinski definition) is 4. The summed E-state index contributed by atoms with van der Waals surface area (Å²) >= 11 is 0. The lowest BCUT2D eigenvalue weighted by molar-refractivity contribution is -0.157. The number of carbonyl (C=O) groups excluding carboxylic acids is 1. The van der Waals surface area contributed by atoms with Crippen LogP contribution in [0.25, 0.3) is 0 Å². The topological polar surface area (TPSA) is 55.8 Å². The average molecular weight is 266 g/mol. The van der Waals surface area contributed by atoms with Gasteiger partial charge in [-0.25, -0.2) is 4.79 Å². The van der Waals surface area contributed by atoms with Gasteiger partial charge in [-0.05, 0) is 44.9 Å². The Morgan fingerprint density at radius 2 is 1.84 bits per heavy atom. The summed E-state index contributed by atoms with van der Waals surface area (Å²) in [5.41, 5.74) is 0.335. The van der Waals surface area contributed by atoms with Crippen molar-refractivity contribution in [2.75, 3.05) is 6.61 Å². The van der Waals surface area contributed by atoms with Gasteiger partial charge in [-0.3, -0.25) is 0 Å². The maximum Gasteiger partial charge on any atom is 0.344 e. The van der Waals surface area contributed by atoms with Crippen LogP contribution in [0.2, 0.25) is 0 Å². The van der Waals surface area contributed by atoms with E-state index in [0.717, 1.165) is 5.56 Å². The Bertz CT molecular complexity index is 403. The van der Waals surface area contributed by atoms with Crippen molar-refractivity contribution in [1.82, 2.24) is 0 Å². The number of rotatable bonds is 5. The first-order valence-electron chi connectivity index (χ1n) is 6.44. The zero-order valence-electron chi connectivity index (χ0n) is 12.0. The van der Waals surface area contributed by atoms with Crippen LogP contribution in [-0.4, -0.2) is 23.3 Å². The average Bonchev–Trinajstić information content (AvgIpc) is 2.34. The molecular weight excluding hydrogens is 244 g/mol. The van der Waals surface area contributed by atoms with Gasteiger partial charge in [0.05, 0.1) is 6.10 Å². The number of carbonyl (C=O) groups is 1. The van der Waals surface area contributed by atoms with E-state index < -0.39 is 17.7 Å². The molecule has 19 heavy (non-hydrogen) atoms. The number of benzene rings is 1. The van der Waals surface area contributed by atoms with E-state index in [1.807, 2.05) is 27.7 Å². The Morgan fingerprint density at radius 1 is 1.26 bits per heavy atom. The molecule has 1 unspecified atom stereocenters. The fourth-order valence-corrected chi connectivity index (χ4v) is 1.54. The third-order valence-electron chi connectivity index (χ3n) is 2.43. The Morgan fingerprint density at radius 3 is 2.32 bits per heavy atom. The van der Waals surface area contributed by atoms with Gasteiger partial charge in [-0.1, -0.05) is 19.1 Å². The van der Waals surface area contributed by atoms with Gasteiger partial charge in [-0.15, -0.1) is 0 Å². The third-order valence-corrected chi connectivity index (χ3v) is 2.43. The number of ether oxygens (including phenoxy) is 2. The largest absolute Gasteiger partial charge is 0.482 e. The monoisotopic (exact) mass is 266 g/mol. The quantitative estimate of drug-likeness (QED) is 0.833. The fourth-order valence-electron chi connectivity index (χ4n) is 1.54. The highest BCUT2D eigenvalue weighted by atomic mass is 16.6. The molecule has 0 heterocycles. The maximum absolute atomic E-state index is 11.5. The first-order chi connectivity index (χ1) is 8.81. The molecule has 1 aromatic rings. The second-order valence-corrected chi connectivity index (χ2v) is 5.37. The minimum absolute atomic E-state index is 0.118. The van der Waals surface area contributed by atoms with E-state index in [9.17, 15) is 9.90 Å². The Balaban J connectivity index is 2.48. The molecule has 0 saturated heterocycles. The molecule has 0 radical (unpaired) electrons. The SMILES string of the molecule is CCC(O)c1ccc(OCC(=O)OC(C)(C)C)cc1. The van der Waals surface area contributed by atoms with E-state index in [2.05, 4.69) is 0 Å². The van der Waals surface area contributed by atoms with Crippen molar-refractivity contribution in [1.29, 1.82) is 0 Å². The van der Waals surface area contributed by atoms with Crippen LogP contribution < -0.4 is 4.74 Å². The molecule has 0 saturated carbocycles. The number of hydrogen-bond donors (Lipinski definition) is 1. The van der Waals surface area contributed by atoms with E-state index in [1.165, 1.54) is 0 Å². The van der Waals surface area contributed by atoms with Crippen LogP contribution in [-0.2, 0) is 9.53 Å². The summed E-state index contributed by atoms with van der Waals surface area (Å²) in [6, 6.07) is 7.05. The highest BCUT2D eigenvalue weighted by molar-refractivity contribution is 5.71. The van der Waals surface area contributed by atoms with Crippen LogP contribution in [0.3, 0.4) is 0 Å². The molecule has 0 aliphatic rings. The second-order valence-electron chi connectivity index (χ2n) is 5.37. The van der Waals surface area contributed by atoms with Gasteiger partial charge >= 0.3 is 5.97 Å². The second kappa shape index (κ2) is 6.57. The van der Waals surface area contributed by atoms with Gasteiger partial charge < -0.3 is 14.6 Å². The standard InChI is InChI=1S/C15H22O4/c1-5-13(16)11-6-8-12(9-7-11)18-10-14(17)19-15(2,3)4/h6-9,13,16H,5,10H2,1-4H3. The zero-order chi connectivity index (χ0) is 14.5. The minimum atomic E-state index is -0.504. The van der Waals surface area contributed by atoms with E-state index in [0.29, 0.717) is 12.2 Å². The number of esters is 1. The minimum Gasteiger partial charge on any atom is -0.482 e. The molecule has 106 valence electrons. The van der Waals surface area contributed by atoms with Crippen molar-refractivity contribution >= 4 is 5.97 Å². The summed E-state index contributed by atoms with van der Waals surface area (Å²) < 4.78 is 10.5. The van der Waals surface area contributed by atoms with Crippen LogP contribution in [0.5, 0.6) is 5.75 Å². The normalized spacial score (nSPS) is 12.9. The molecular formula is C15H22O4. The Hall–Kier alpha value is -1.55. The lowest BCUT2D eigenvalue weighted by Gasteiger charge is -2.19. The van der Waals surface area contributed by atoms with Crippen molar-refractivity contribution in [2.24, 2.45) is 0 Å². The summed E-state index contributed by atoms with van der Waals surface area (Å²) in [6.45, 7) is 7.23.